The van der Waals surface area contributed by atoms with Crippen LogP contribution in [0.5, 0.6) is 17.2 Å². The highest BCUT2D eigenvalue weighted by molar-refractivity contribution is 6.00. The molecule has 2 N–H and O–H groups in total. The number of fused-ring (bicyclic) bond motifs is 1. The molecule has 3 aromatic carbocycles. The molecule has 1 fully saturated rings. The van der Waals surface area contributed by atoms with Crippen molar-refractivity contribution in [1.29, 1.82) is 0 Å². The van der Waals surface area contributed by atoms with E-state index in [9.17, 15) is 4.79 Å². The Morgan fingerprint density at radius 3 is 2.36 bits per heavy atom. The number of pyridine rings is 1. The Morgan fingerprint density at radius 1 is 0.933 bits per heavy atom. The van der Waals surface area contributed by atoms with Crippen molar-refractivity contribution in [2.75, 3.05) is 30.8 Å². The van der Waals surface area contributed by atoms with Crippen LogP contribution < -0.4 is 20.1 Å². The SMILES string of the molecule is COc1ccc(Cn2nc(NC3CCN(C(=O)OC(C)(C)C)C3)c3c(Nc4ccc(Oc5ccccc5)cc4)ccnc32)cc1. The lowest BCUT2D eigenvalue weighted by Gasteiger charge is -2.24. The highest BCUT2D eigenvalue weighted by atomic mass is 16.6. The molecule has 5 aromatic rings. The monoisotopic (exact) mass is 606 g/mol. The van der Waals surface area contributed by atoms with E-state index in [-0.39, 0.29) is 12.1 Å². The molecule has 10 nitrogen and oxygen atoms in total. The number of methoxy groups -OCH3 is 1. The van der Waals surface area contributed by atoms with Crippen LogP contribution in [0, 0.1) is 0 Å². The lowest BCUT2D eigenvalue weighted by molar-refractivity contribution is 0.0293. The van der Waals surface area contributed by atoms with E-state index in [2.05, 4.69) is 10.6 Å². The van der Waals surface area contributed by atoms with Crippen molar-refractivity contribution in [3.8, 4) is 17.2 Å². The molecule has 1 saturated heterocycles. The predicted molar refractivity (Wildman–Crippen MR) is 176 cm³/mol. The molecule has 6 rings (SSSR count). The van der Waals surface area contributed by atoms with Gasteiger partial charge in [-0.15, -0.1) is 0 Å². The van der Waals surface area contributed by atoms with E-state index in [0.717, 1.165) is 51.6 Å². The zero-order valence-electron chi connectivity index (χ0n) is 26.0. The summed E-state index contributed by atoms with van der Waals surface area (Å²) in [5, 5.41) is 13.0. The van der Waals surface area contributed by atoms with Crippen LogP contribution in [0.4, 0.5) is 22.0 Å². The second-order valence-corrected chi connectivity index (χ2v) is 12.0. The fourth-order valence-corrected chi connectivity index (χ4v) is 5.27. The van der Waals surface area contributed by atoms with Crippen molar-refractivity contribution < 1.29 is 19.0 Å². The molecule has 0 bridgehead atoms. The molecule has 1 amide bonds. The Kier molecular flexibility index (Phi) is 8.46. The van der Waals surface area contributed by atoms with Crippen molar-refractivity contribution in [2.45, 2.75) is 45.4 Å². The Bertz CT molecular complexity index is 1750. The van der Waals surface area contributed by atoms with Gasteiger partial charge in [0.2, 0.25) is 0 Å². The number of para-hydroxylation sites is 1. The molecule has 3 heterocycles. The highest BCUT2D eigenvalue weighted by Crippen LogP contribution is 2.34. The van der Waals surface area contributed by atoms with E-state index < -0.39 is 5.60 Å². The number of amides is 1. The number of carbonyl (C=O) groups is 1. The number of likely N-dealkylation sites (tertiary alicyclic amines) is 1. The summed E-state index contributed by atoms with van der Waals surface area (Å²) in [6.45, 7) is 7.29. The van der Waals surface area contributed by atoms with Gasteiger partial charge in [-0.1, -0.05) is 30.3 Å². The van der Waals surface area contributed by atoms with E-state index in [1.54, 1.807) is 18.2 Å². The van der Waals surface area contributed by atoms with Gasteiger partial charge < -0.3 is 29.7 Å². The summed E-state index contributed by atoms with van der Waals surface area (Å²) in [6.07, 6.45) is 2.26. The van der Waals surface area contributed by atoms with Gasteiger partial charge in [0.15, 0.2) is 11.5 Å². The summed E-state index contributed by atoms with van der Waals surface area (Å²) < 4.78 is 18.8. The fraction of sp³-hybridized carbons (Fsp3) is 0.286. The van der Waals surface area contributed by atoms with Gasteiger partial charge in [0, 0.05) is 31.0 Å². The molecule has 1 unspecified atom stereocenters. The van der Waals surface area contributed by atoms with Crippen LogP contribution in [0.2, 0.25) is 0 Å². The maximum absolute atomic E-state index is 12.7. The number of ether oxygens (including phenoxy) is 3. The third-order valence-corrected chi connectivity index (χ3v) is 7.42. The van der Waals surface area contributed by atoms with E-state index in [1.807, 2.05) is 110 Å². The second kappa shape index (κ2) is 12.8. The maximum Gasteiger partial charge on any atom is 0.410 e. The zero-order chi connectivity index (χ0) is 31.4. The molecule has 1 aliphatic heterocycles. The second-order valence-electron chi connectivity index (χ2n) is 12.0. The summed E-state index contributed by atoms with van der Waals surface area (Å²) >= 11 is 0. The first-order valence-electron chi connectivity index (χ1n) is 15.1. The molecule has 0 radical (unpaired) electrons. The van der Waals surface area contributed by atoms with Crippen molar-refractivity contribution in [2.24, 2.45) is 0 Å². The Balaban J connectivity index is 1.27. The van der Waals surface area contributed by atoms with Crippen molar-refractivity contribution in [3.05, 3.63) is 96.7 Å². The topological polar surface area (TPSA) is 103 Å². The molecule has 10 heteroatoms. The summed E-state index contributed by atoms with van der Waals surface area (Å²) in [5.74, 6) is 3.03. The van der Waals surface area contributed by atoms with Gasteiger partial charge in [-0.05, 0) is 87.4 Å². The summed E-state index contributed by atoms with van der Waals surface area (Å²) in [6, 6.07) is 27.4. The van der Waals surface area contributed by atoms with Gasteiger partial charge in [-0.2, -0.15) is 5.10 Å². The number of benzene rings is 3. The van der Waals surface area contributed by atoms with Gasteiger partial charge in [0.1, 0.15) is 22.8 Å². The summed E-state index contributed by atoms with van der Waals surface area (Å²) in [7, 11) is 1.66. The van der Waals surface area contributed by atoms with Crippen LogP contribution in [-0.4, -0.2) is 57.6 Å². The number of rotatable bonds is 9. The minimum absolute atomic E-state index is 0.00697. The fourth-order valence-electron chi connectivity index (χ4n) is 5.27. The first-order valence-corrected chi connectivity index (χ1v) is 15.1. The molecule has 1 atom stereocenters. The number of aromatic nitrogens is 3. The first kappa shape index (κ1) is 29.8. The van der Waals surface area contributed by atoms with Crippen molar-refractivity contribution in [1.82, 2.24) is 19.7 Å². The zero-order valence-corrected chi connectivity index (χ0v) is 26.0. The number of nitrogens with zero attached hydrogens (tertiary/aromatic N) is 4. The standard InChI is InChI=1S/C35H38N6O4/c1-35(2,3)45-34(42)40-21-19-26(23-40)38-32-31-30(37-25-12-16-29(17-13-25)44-28-8-6-5-7-9-28)18-20-36-33(31)41(39-32)22-24-10-14-27(43-4)15-11-24/h5-18,20,26H,19,21-23H2,1-4H3,(H,36,37)(H,38,39). The summed E-state index contributed by atoms with van der Waals surface area (Å²) in [5.41, 5.74) is 3.02. The van der Waals surface area contributed by atoms with Gasteiger partial charge in [-0.3, -0.25) is 0 Å². The van der Waals surface area contributed by atoms with Gasteiger partial charge >= 0.3 is 6.09 Å². The third-order valence-electron chi connectivity index (χ3n) is 7.42. The molecule has 1 aliphatic rings. The van der Waals surface area contributed by atoms with Crippen LogP contribution in [0.1, 0.15) is 32.8 Å². The van der Waals surface area contributed by atoms with Crippen molar-refractivity contribution in [3.63, 3.8) is 0 Å². The highest BCUT2D eigenvalue weighted by Gasteiger charge is 2.31. The van der Waals surface area contributed by atoms with Crippen molar-refractivity contribution >= 4 is 34.3 Å². The lowest BCUT2D eigenvalue weighted by Crippen LogP contribution is -2.36. The van der Waals surface area contributed by atoms with E-state index in [0.29, 0.717) is 25.5 Å². The number of nitrogens with one attached hydrogen (secondary N) is 2. The Labute approximate surface area is 262 Å². The largest absolute Gasteiger partial charge is 0.497 e. The molecular formula is C35H38N6O4. The van der Waals surface area contributed by atoms with Crippen LogP contribution in [0.15, 0.2) is 91.1 Å². The predicted octanol–water partition coefficient (Wildman–Crippen LogP) is 7.45. The van der Waals surface area contributed by atoms with E-state index in [1.165, 1.54) is 0 Å². The van der Waals surface area contributed by atoms with E-state index in [4.69, 9.17) is 24.3 Å². The molecule has 232 valence electrons. The average molecular weight is 607 g/mol. The van der Waals surface area contributed by atoms with Gasteiger partial charge in [0.05, 0.1) is 24.7 Å². The molecule has 0 saturated carbocycles. The molecular weight excluding hydrogens is 568 g/mol. The van der Waals surface area contributed by atoms with Crippen LogP contribution in [-0.2, 0) is 11.3 Å². The third kappa shape index (κ3) is 7.29. The minimum Gasteiger partial charge on any atom is -0.497 e. The van der Waals surface area contributed by atoms with Crippen LogP contribution in [0.25, 0.3) is 11.0 Å². The summed E-state index contributed by atoms with van der Waals surface area (Å²) in [4.78, 5) is 19.2. The smallest absolute Gasteiger partial charge is 0.410 e. The molecule has 0 spiro atoms. The molecule has 45 heavy (non-hydrogen) atoms. The van der Waals surface area contributed by atoms with E-state index >= 15 is 0 Å². The molecule has 0 aliphatic carbocycles. The minimum atomic E-state index is -0.544. The quantitative estimate of drug-likeness (QED) is 0.178. The number of hydrogen-bond donors (Lipinski definition) is 2. The normalized spacial score (nSPS) is 14.8. The van der Waals surface area contributed by atoms with Crippen LogP contribution in [0.3, 0.4) is 0 Å². The Hall–Kier alpha value is -5.25. The molecule has 2 aromatic heterocycles. The van der Waals surface area contributed by atoms with Crippen LogP contribution >= 0.6 is 0 Å². The number of hydrogen-bond acceptors (Lipinski definition) is 8. The Morgan fingerprint density at radius 2 is 1.64 bits per heavy atom. The lowest BCUT2D eigenvalue weighted by atomic mass is 10.2. The number of carbonyl (C=O) groups excluding carboxylic acids is 1. The maximum atomic E-state index is 12.7. The van der Waals surface area contributed by atoms with Gasteiger partial charge in [0.25, 0.3) is 0 Å². The first-order chi connectivity index (χ1) is 21.7. The van der Waals surface area contributed by atoms with Gasteiger partial charge in [-0.25, -0.2) is 14.5 Å². The number of anilines is 3. The average Bonchev–Trinajstić information content (AvgIpc) is 3.64.